The van der Waals surface area contributed by atoms with Crippen LogP contribution in [0.1, 0.15) is 42.5 Å². The first-order valence-corrected chi connectivity index (χ1v) is 11.0. The van der Waals surface area contributed by atoms with Gasteiger partial charge in [-0.1, -0.05) is 12.1 Å². The predicted octanol–water partition coefficient (Wildman–Crippen LogP) is 2.80. The number of anilines is 2. The fraction of sp³-hybridized carbons (Fsp3) is 0.522. The Morgan fingerprint density at radius 2 is 1.84 bits per heavy atom. The van der Waals surface area contributed by atoms with E-state index in [4.69, 9.17) is 9.47 Å². The lowest BCUT2D eigenvalue weighted by Crippen LogP contribution is -2.40. The minimum Gasteiger partial charge on any atom is -0.444 e. The summed E-state index contributed by atoms with van der Waals surface area (Å²) in [5.41, 5.74) is 3.20. The Kier molecular flexibility index (Phi) is 6.10. The minimum absolute atomic E-state index is 0.284. The number of fused-ring (bicyclic) bond motifs is 1. The van der Waals surface area contributed by atoms with Gasteiger partial charge in [0, 0.05) is 44.4 Å². The van der Waals surface area contributed by atoms with Gasteiger partial charge in [-0.05, 0) is 32.9 Å². The van der Waals surface area contributed by atoms with Gasteiger partial charge in [0.1, 0.15) is 5.60 Å². The summed E-state index contributed by atoms with van der Waals surface area (Å²) in [7, 11) is 1.83. The monoisotopic (exact) mass is 441 g/mol. The molecule has 32 heavy (non-hydrogen) atoms. The Morgan fingerprint density at radius 3 is 2.56 bits per heavy atom. The number of morpholine rings is 1. The highest BCUT2D eigenvalue weighted by molar-refractivity contribution is 6.05. The maximum absolute atomic E-state index is 13.3. The lowest BCUT2D eigenvalue weighted by molar-refractivity contribution is 0.0222. The first-order valence-electron chi connectivity index (χ1n) is 11.0. The molecule has 0 unspecified atom stereocenters. The molecule has 1 N–H and O–H groups in total. The number of benzene rings is 1. The van der Waals surface area contributed by atoms with E-state index in [2.05, 4.69) is 15.3 Å². The lowest BCUT2D eigenvalue weighted by atomic mass is 10.0. The number of aromatic nitrogens is 2. The molecule has 9 heteroatoms. The van der Waals surface area contributed by atoms with Crippen LogP contribution in [0, 0.1) is 0 Å². The van der Waals surface area contributed by atoms with Gasteiger partial charge in [0.05, 0.1) is 31.1 Å². The van der Waals surface area contributed by atoms with E-state index < -0.39 is 5.60 Å². The van der Waals surface area contributed by atoms with Crippen LogP contribution in [-0.2, 0) is 29.5 Å². The van der Waals surface area contributed by atoms with Gasteiger partial charge in [0.15, 0.2) is 5.69 Å². The summed E-state index contributed by atoms with van der Waals surface area (Å²) in [5.74, 6) is -0.284. The third-order valence-corrected chi connectivity index (χ3v) is 5.61. The van der Waals surface area contributed by atoms with E-state index in [-0.39, 0.29) is 12.0 Å². The highest BCUT2D eigenvalue weighted by Crippen LogP contribution is 2.29. The van der Waals surface area contributed by atoms with Crippen molar-refractivity contribution in [2.45, 2.75) is 39.3 Å². The number of ether oxygens (including phenoxy) is 2. The Morgan fingerprint density at radius 1 is 1.12 bits per heavy atom. The lowest BCUT2D eigenvalue weighted by Gasteiger charge is -2.31. The molecule has 2 aromatic rings. The zero-order valence-electron chi connectivity index (χ0n) is 19.2. The SMILES string of the molecule is Cn1nc(C(=O)Nc2ccccc2N2CCOCC2)c2c1CCN(C(=O)OC(C)(C)C)C2. The van der Waals surface area contributed by atoms with E-state index in [0.717, 1.165) is 35.7 Å². The van der Waals surface area contributed by atoms with Gasteiger partial charge in [-0.15, -0.1) is 0 Å². The molecule has 1 aromatic carbocycles. The van der Waals surface area contributed by atoms with Crippen molar-refractivity contribution in [1.29, 1.82) is 0 Å². The predicted molar refractivity (Wildman–Crippen MR) is 121 cm³/mol. The number of rotatable bonds is 3. The molecule has 0 spiro atoms. The van der Waals surface area contributed by atoms with E-state index in [1.54, 1.807) is 9.58 Å². The molecule has 1 aromatic heterocycles. The molecule has 2 amide bonds. The quantitative estimate of drug-likeness (QED) is 0.788. The molecular formula is C23H31N5O4. The van der Waals surface area contributed by atoms with Crippen molar-refractivity contribution in [2.24, 2.45) is 7.05 Å². The normalized spacial score (nSPS) is 16.5. The van der Waals surface area contributed by atoms with Crippen LogP contribution in [0.4, 0.5) is 16.2 Å². The molecular weight excluding hydrogens is 410 g/mol. The Labute approximate surface area is 188 Å². The Hall–Kier alpha value is -3.07. The number of nitrogens with zero attached hydrogens (tertiary/aromatic N) is 4. The summed E-state index contributed by atoms with van der Waals surface area (Å²) in [5, 5.41) is 7.53. The van der Waals surface area contributed by atoms with Gasteiger partial charge in [-0.3, -0.25) is 9.48 Å². The van der Waals surface area contributed by atoms with Crippen molar-refractivity contribution in [3.8, 4) is 0 Å². The van der Waals surface area contributed by atoms with E-state index >= 15 is 0 Å². The molecule has 0 bridgehead atoms. The van der Waals surface area contributed by atoms with Crippen molar-refractivity contribution in [3.05, 3.63) is 41.2 Å². The highest BCUT2D eigenvalue weighted by atomic mass is 16.6. The number of para-hydroxylation sites is 2. The summed E-state index contributed by atoms with van der Waals surface area (Å²) < 4.78 is 12.7. The van der Waals surface area contributed by atoms with Crippen LogP contribution in [-0.4, -0.2) is 65.1 Å². The number of aryl methyl sites for hydroxylation is 1. The zero-order chi connectivity index (χ0) is 22.9. The van der Waals surface area contributed by atoms with Gasteiger partial charge in [-0.2, -0.15) is 5.10 Å². The molecule has 1 fully saturated rings. The summed E-state index contributed by atoms with van der Waals surface area (Å²) in [6.45, 7) is 9.23. The van der Waals surface area contributed by atoms with E-state index in [0.29, 0.717) is 38.4 Å². The van der Waals surface area contributed by atoms with Crippen LogP contribution in [0.5, 0.6) is 0 Å². The summed E-state index contributed by atoms with van der Waals surface area (Å²) in [4.78, 5) is 29.7. The van der Waals surface area contributed by atoms with E-state index in [9.17, 15) is 9.59 Å². The van der Waals surface area contributed by atoms with Crippen LogP contribution < -0.4 is 10.2 Å². The zero-order valence-corrected chi connectivity index (χ0v) is 19.2. The molecule has 2 aliphatic heterocycles. The van der Waals surface area contributed by atoms with Gasteiger partial charge >= 0.3 is 6.09 Å². The Balaban J connectivity index is 1.55. The number of carbonyl (C=O) groups is 2. The maximum atomic E-state index is 13.3. The standard InChI is InChI=1S/C23H31N5O4/c1-23(2,3)32-22(30)28-10-9-18-16(15-28)20(25-26(18)4)21(29)24-17-7-5-6-8-19(17)27-11-13-31-14-12-27/h5-8H,9-15H2,1-4H3,(H,24,29). The minimum atomic E-state index is -0.574. The van der Waals surface area contributed by atoms with Crippen LogP contribution >= 0.6 is 0 Å². The number of carbonyl (C=O) groups excluding carboxylic acids is 2. The van der Waals surface area contributed by atoms with Crippen molar-refractivity contribution in [2.75, 3.05) is 43.1 Å². The molecule has 172 valence electrons. The third-order valence-electron chi connectivity index (χ3n) is 5.61. The van der Waals surface area contributed by atoms with E-state index in [1.807, 2.05) is 52.1 Å². The van der Waals surface area contributed by atoms with Gasteiger partial charge in [0.25, 0.3) is 5.91 Å². The molecule has 4 rings (SSSR count). The molecule has 3 heterocycles. The molecule has 0 aliphatic carbocycles. The van der Waals surface area contributed by atoms with Crippen LogP contribution in [0.3, 0.4) is 0 Å². The third kappa shape index (κ3) is 4.72. The van der Waals surface area contributed by atoms with Crippen LogP contribution in [0.15, 0.2) is 24.3 Å². The average Bonchev–Trinajstić information content (AvgIpc) is 3.10. The molecule has 9 nitrogen and oxygen atoms in total. The van der Waals surface area contributed by atoms with Crippen LogP contribution in [0.25, 0.3) is 0 Å². The summed E-state index contributed by atoms with van der Waals surface area (Å²) in [6, 6.07) is 7.75. The number of hydrogen-bond donors (Lipinski definition) is 1. The fourth-order valence-corrected chi connectivity index (χ4v) is 4.10. The molecule has 2 aliphatic rings. The number of nitrogens with one attached hydrogen (secondary N) is 1. The maximum Gasteiger partial charge on any atom is 0.410 e. The van der Waals surface area contributed by atoms with Crippen molar-refractivity contribution < 1.29 is 19.1 Å². The number of amides is 2. The van der Waals surface area contributed by atoms with Gasteiger partial charge in [0.2, 0.25) is 0 Å². The molecule has 0 radical (unpaired) electrons. The smallest absolute Gasteiger partial charge is 0.410 e. The first kappa shape index (κ1) is 22.1. The molecule has 0 atom stereocenters. The highest BCUT2D eigenvalue weighted by Gasteiger charge is 2.31. The van der Waals surface area contributed by atoms with Gasteiger partial charge in [-0.25, -0.2) is 4.79 Å². The first-order chi connectivity index (χ1) is 15.2. The molecule has 1 saturated heterocycles. The largest absolute Gasteiger partial charge is 0.444 e. The topological polar surface area (TPSA) is 88.9 Å². The fourth-order valence-electron chi connectivity index (χ4n) is 4.10. The number of hydrogen-bond acceptors (Lipinski definition) is 6. The average molecular weight is 442 g/mol. The van der Waals surface area contributed by atoms with Gasteiger partial charge < -0.3 is 24.6 Å². The van der Waals surface area contributed by atoms with Crippen LogP contribution in [0.2, 0.25) is 0 Å². The summed E-state index contributed by atoms with van der Waals surface area (Å²) in [6.07, 6.45) is 0.242. The Bertz CT molecular complexity index is 1000. The second-order valence-corrected chi connectivity index (χ2v) is 9.12. The second kappa shape index (κ2) is 8.82. The van der Waals surface area contributed by atoms with E-state index in [1.165, 1.54) is 0 Å². The molecule has 0 saturated carbocycles. The van der Waals surface area contributed by atoms with Crippen molar-refractivity contribution in [1.82, 2.24) is 14.7 Å². The second-order valence-electron chi connectivity index (χ2n) is 9.12. The van der Waals surface area contributed by atoms with Crippen molar-refractivity contribution >= 4 is 23.4 Å². The summed E-state index contributed by atoms with van der Waals surface area (Å²) >= 11 is 0. The van der Waals surface area contributed by atoms with Crippen molar-refractivity contribution in [3.63, 3.8) is 0 Å².